The van der Waals surface area contributed by atoms with Crippen LogP contribution in [0.15, 0.2) is 72.8 Å². The second kappa shape index (κ2) is 7.38. The maximum atomic E-state index is 3.48. The van der Waals surface area contributed by atoms with Gasteiger partial charge in [0.1, 0.15) is 0 Å². The fourth-order valence-corrected chi connectivity index (χ4v) is 4.68. The quantitative estimate of drug-likeness (QED) is 0.411. The van der Waals surface area contributed by atoms with Crippen LogP contribution >= 0.6 is 11.3 Å². The Kier molecular flexibility index (Phi) is 4.82. The minimum Gasteiger partial charge on any atom is -0.317 e. The van der Waals surface area contributed by atoms with Gasteiger partial charge in [-0.3, -0.25) is 0 Å². The highest BCUT2D eigenvalue weighted by Gasteiger charge is 2.15. The molecular weight excluding hydrogens is 322 g/mol. The van der Waals surface area contributed by atoms with Crippen LogP contribution in [-0.4, -0.2) is 13.1 Å². The highest BCUT2D eigenvalue weighted by atomic mass is 32.1. The third kappa shape index (κ3) is 3.33. The Bertz CT molecular complexity index is 971. The van der Waals surface area contributed by atoms with Crippen LogP contribution in [-0.2, 0) is 0 Å². The summed E-state index contributed by atoms with van der Waals surface area (Å²) >= 11 is 1.89. The van der Waals surface area contributed by atoms with Crippen molar-refractivity contribution < 1.29 is 0 Å². The predicted molar refractivity (Wildman–Crippen MR) is 111 cm³/mol. The Morgan fingerprint density at radius 3 is 2.40 bits per heavy atom. The van der Waals surface area contributed by atoms with Gasteiger partial charge in [0.25, 0.3) is 0 Å². The molecule has 0 saturated heterocycles. The van der Waals surface area contributed by atoms with Crippen LogP contribution in [0.3, 0.4) is 0 Å². The van der Waals surface area contributed by atoms with E-state index in [9.17, 15) is 0 Å². The summed E-state index contributed by atoms with van der Waals surface area (Å²) in [5.41, 5.74) is 2.82. The molecule has 0 amide bonds. The Labute approximate surface area is 153 Å². The Balaban J connectivity index is 1.78. The van der Waals surface area contributed by atoms with E-state index in [2.05, 4.69) is 85.0 Å². The van der Waals surface area contributed by atoms with Crippen LogP contribution in [0, 0.1) is 0 Å². The standard InChI is InChI=1S/C23H23NS/c1-2-24-15-14-19(17-8-4-3-5-9-17)18-12-13-23-21(16-18)20-10-6-7-11-22(20)25-23/h3-13,16,19,24H,2,14-15H2,1H3. The van der Waals surface area contributed by atoms with E-state index < -0.39 is 0 Å². The third-order valence-electron chi connectivity index (χ3n) is 4.86. The topological polar surface area (TPSA) is 12.0 Å². The average molecular weight is 346 g/mol. The molecule has 25 heavy (non-hydrogen) atoms. The first-order valence-electron chi connectivity index (χ1n) is 9.03. The molecule has 4 aromatic rings. The summed E-state index contributed by atoms with van der Waals surface area (Å²) in [6.07, 6.45) is 1.12. The lowest BCUT2D eigenvalue weighted by Gasteiger charge is -2.18. The molecule has 0 aliphatic heterocycles. The van der Waals surface area contributed by atoms with Crippen molar-refractivity contribution in [2.45, 2.75) is 19.3 Å². The van der Waals surface area contributed by atoms with Gasteiger partial charge >= 0.3 is 0 Å². The van der Waals surface area contributed by atoms with E-state index in [1.54, 1.807) is 0 Å². The number of benzene rings is 3. The van der Waals surface area contributed by atoms with E-state index in [0.29, 0.717) is 5.92 Å². The molecule has 1 nitrogen and oxygen atoms in total. The summed E-state index contributed by atoms with van der Waals surface area (Å²) in [5, 5.41) is 6.25. The summed E-state index contributed by atoms with van der Waals surface area (Å²) in [6, 6.07) is 26.7. The lowest BCUT2D eigenvalue weighted by molar-refractivity contribution is 0.628. The van der Waals surface area contributed by atoms with Gasteiger partial charge in [-0.1, -0.05) is 61.5 Å². The maximum absolute atomic E-state index is 3.48. The molecule has 0 aliphatic rings. The molecule has 1 unspecified atom stereocenters. The molecule has 126 valence electrons. The van der Waals surface area contributed by atoms with E-state index in [1.165, 1.54) is 31.3 Å². The van der Waals surface area contributed by atoms with Crippen molar-refractivity contribution in [2.24, 2.45) is 0 Å². The first-order chi connectivity index (χ1) is 12.4. The Morgan fingerprint density at radius 2 is 1.56 bits per heavy atom. The second-order valence-corrected chi connectivity index (χ2v) is 7.54. The Morgan fingerprint density at radius 1 is 0.800 bits per heavy atom. The van der Waals surface area contributed by atoms with Gasteiger partial charge < -0.3 is 5.32 Å². The third-order valence-corrected chi connectivity index (χ3v) is 6.02. The number of nitrogens with one attached hydrogen (secondary N) is 1. The minimum atomic E-state index is 0.434. The highest BCUT2D eigenvalue weighted by Crippen LogP contribution is 2.37. The molecule has 0 bridgehead atoms. The van der Waals surface area contributed by atoms with Crippen molar-refractivity contribution in [3.63, 3.8) is 0 Å². The van der Waals surface area contributed by atoms with Crippen molar-refractivity contribution in [2.75, 3.05) is 13.1 Å². The lowest BCUT2D eigenvalue weighted by Crippen LogP contribution is -2.17. The first kappa shape index (κ1) is 16.3. The largest absolute Gasteiger partial charge is 0.317 e. The van der Waals surface area contributed by atoms with Crippen molar-refractivity contribution in [1.82, 2.24) is 5.32 Å². The van der Waals surface area contributed by atoms with Gasteiger partial charge in [0.05, 0.1) is 0 Å². The fourth-order valence-electron chi connectivity index (χ4n) is 3.59. The Hall–Kier alpha value is -2.16. The van der Waals surface area contributed by atoms with E-state index >= 15 is 0 Å². The van der Waals surface area contributed by atoms with Crippen LogP contribution < -0.4 is 5.32 Å². The average Bonchev–Trinajstić information content (AvgIpc) is 3.04. The summed E-state index contributed by atoms with van der Waals surface area (Å²) in [7, 11) is 0. The van der Waals surface area contributed by atoms with Crippen LogP contribution in [0.2, 0.25) is 0 Å². The van der Waals surface area contributed by atoms with Gasteiger partial charge in [0, 0.05) is 26.1 Å². The molecule has 0 radical (unpaired) electrons. The molecule has 0 aliphatic carbocycles. The molecule has 1 aromatic heterocycles. The van der Waals surface area contributed by atoms with E-state index in [-0.39, 0.29) is 0 Å². The summed E-state index contributed by atoms with van der Waals surface area (Å²) < 4.78 is 2.75. The SMILES string of the molecule is CCNCCC(c1ccccc1)c1ccc2sc3ccccc3c2c1. The molecule has 1 N–H and O–H groups in total. The second-order valence-electron chi connectivity index (χ2n) is 6.46. The number of thiophene rings is 1. The molecule has 4 rings (SSSR count). The molecule has 0 spiro atoms. The summed E-state index contributed by atoms with van der Waals surface area (Å²) in [4.78, 5) is 0. The molecule has 0 saturated carbocycles. The van der Waals surface area contributed by atoms with Gasteiger partial charge in [-0.05, 0) is 48.8 Å². The monoisotopic (exact) mass is 345 g/mol. The normalized spacial score (nSPS) is 12.7. The molecule has 2 heteroatoms. The van der Waals surface area contributed by atoms with Gasteiger partial charge in [-0.15, -0.1) is 11.3 Å². The van der Waals surface area contributed by atoms with Crippen molar-refractivity contribution in [1.29, 1.82) is 0 Å². The predicted octanol–water partition coefficient (Wildman–Crippen LogP) is 6.19. The molecule has 3 aromatic carbocycles. The van der Waals surface area contributed by atoms with Crippen LogP contribution in [0.4, 0.5) is 0 Å². The fraction of sp³-hybridized carbons (Fsp3) is 0.217. The molecule has 1 atom stereocenters. The highest BCUT2D eigenvalue weighted by molar-refractivity contribution is 7.25. The molecule has 0 fully saturated rings. The van der Waals surface area contributed by atoms with Crippen molar-refractivity contribution in [3.05, 3.63) is 83.9 Å². The molecule has 1 heterocycles. The van der Waals surface area contributed by atoms with Gasteiger partial charge in [-0.2, -0.15) is 0 Å². The van der Waals surface area contributed by atoms with Crippen molar-refractivity contribution >= 4 is 31.5 Å². The number of hydrogen-bond donors (Lipinski definition) is 1. The van der Waals surface area contributed by atoms with Gasteiger partial charge in [-0.25, -0.2) is 0 Å². The summed E-state index contributed by atoms with van der Waals surface area (Å²) in [6.45, 7) is 4.23. The number of rotatable bonds is 6. The zero-order valence-electron chi connectivity index (χ0n) is 14.5. The van der Waals surface area contributed by atoms with Crippen LogP contribution in [0.5, 0.6) is 0 Å². The lowest BCUT2D eigenvalue weighted by atomic mass is 9.88. The van der Waals surface area contributed by atoms with Gasteiger partial charge in [0.2, 0.25) is 0 Å². The zero-order valence-corrected chi connectivity index (χ0v) is 15.4. The minimum absolute atomic E-state index is 0.434. The van der Waals surface area contributed by atoms with E-state index in [4.69, 9.17) is 0 Å². The zero-order chi connectivity index (χ0) is 17.1. The number of hydrogen-bond acceptors (Lipinski definition) is 2. The molecular formula is C23H23NS. The van der Waals surface area contributed by atoms with Crippen LogP contribution in [0.1, 0.15) is 30.4 Å². The smallest absolute Gasteiger partial charge is 0.0355 e. The summed E-state index contributed by atoms with van der Waals surface area (Å²) in [5.74, 6) is 0.434. The first-order valence-corrected chi connectivity index (χ1v) is 9.85. The van der Waals surface area contributed by atoms with Crippen molar-refractivity contribution in [3.8, 4) is 0 Å². The van der Waals surface area contributed by atoms with Gasteiger partial charge in [0.15, 0.2) is 0 Å². The van der Waals surface area contributed by atoms with E-state index in [1.807, 2.05) is 11.3 Å². The van der Waals surface area contributed by atoms with E-state index in [0.717, 1.165) is 19.5 Å². The number of fused-ring (bicyclic) bond motifs is 3. The maximum Gasteiger partial charge on any atom is 0.0355 e. The van der Waals surface area contributed by atoms with Crippen LogP contribution in [0.25, 0.3) is 20.2 Å².